The maximum atomic E-state index is 12.7. The van der Waals surface area contributed by atoms with Gasteiger partial charge in [-0.25, -0.2) is 9.59 Å². The largest absolute Gasteiger partial charge is 0.477 e. The van der Waals surface area contributed by atoms with Crippen molar-refractivity contribution in [3.05, 3.63) is 33.4 Å². The maximum Gasteiger partial charge on any atom is 0.374 e. The zero-order valence-electron chi connectivity index (χ0n) is 9.03. The normalized spacial score (nSPS) is 11.1. The molecule has 0 aliphatic carbocycles. The van der Waals surface area contributed by atoms with Crippen molar-refractivity contribution in [1.29, 1.82) is 0 Å². The van der Waals surface area contributed by atoms with E-state index in [0.29, 0.717) is 0 Å². The Morgan fingerprint density at radius 3 is 2.61 bits per heavy atom. The topological polar surface area (TPSA) is 63.6 Å². The van der Waals surface area contributed by atoms with E-state index >= 15 is 0 Å². The summed E-state index contributed by atoms with van der Waals surface area (Å²) in [7, 11) is 0. The minimum absolute atomic E-state index is 0.237. The van der Waals surface area contributed by atoms with Gasteiger partial charge in [-0.1, -0.05) is 6.07 Å². The van der Waals surface area contributed by atoms with E-state index in [9.17, 15) is 18.4 Å². The second kappa shape index (κ2) is 6.07. The molecule has 1 aromatic rings. The molecule has 4 nitrogen and oxygen atoms in total. The van der Waals surface area contributed by atoms with Crippen LogP contribution in [0.5, 0.6) is 0 Å². The van der Waals surface area contributed by atoms with Crippen molar-refractivity contribution in [2.75, 3.05) is 6.61 Å². The molecule has 0 aliphatic heterocycles. The van der Waals surface area contributed by atoms with Crippen molar-refractivity contribution in [2.24, 2.45) is 0 Å². The Hall–Kier alpha value is -1.25. The number of aliphatic carboxylic acids is 1. The second-order valence-corrected chi connectivity index (χ2v) is 4.65. The van der Waals surface area contributed by atoms with Crippen molar-refractivity contribution in [3.8, 4) is 0 Å². The molecule has 0 fully saturated rings. The van der Waals surface area contributed by atoms with Crippen LogP contribution in [-0.2, 0) is 9.53 Å². The van der Waals surface area contributed by atoms with E-state index in [4.69, 9.17) is 5.11 Å². The minimum atomic E-state index is -3.88. The monoisotopic (exact) mass is 370 g/mol. The Bertz CT molecular complexity index is 462. The Kier molecular flexibility index (Phi) is 5.00. The highest BCUT2D eigenvalue weighted by atomic mass is 127. The van der Waals surface area contributed by atoms with Gasteiger partial charge in [-0.3, -0.25) is 0 Å². The molecule has 0 saturated carbocycles. The van der Waals surface area contributed by atoms with Crippen molar-refractivity contribution in [2.45, 2.75) is 12.3 Å². The van der Waals surface area contributed by atoms with E-state index in [-0.39, 0.29) is 5.56 Å². The van der Waals surface area contributed by atoms with Gasteiger partial charge in [0.05, 0.1) is 18.6 Å². The molecule has 0 aromatic heterocycles. The minimum Gasteiger partial charge on any atom is -0.477 e. The van der Waals surface area contributed by atoms with Gasteiger partial charge in [0.15, 0.2) is 0 Å². The quantitative estimate of drug-likeness (QED) is 0.639. The molecule has 1 rings (SSSR count). The number of carbonyl (C=O) groups is 2. The van der Waals surface area contributed by atoms with Gasteiger partial charge in [-0.05, 0) is 40.8 Å². The summed E-state index contributed by atoms with van der Waals surface area (Å²) in [6.45, 7) is -0.649. The van der Waals surface area contributed by atoms with Crippen LogP contribution in [0, 0.1) is 3.57 Å². The number of alkyl halides is 2. The van der Waals surface area contributed by atoms with Gasteiger partial charge >= 0.3 is 17.9 Å². The summed E-state index contributed by atoms with van der Waals surface area (Å²) in [4.78, 5) is 21.6. The average Bonchev–Trinajstić information content (AvgIpc) is 2.28. The second-order valence-electron chi connectivity index (χ2n) is 3.41. The van der Waals surface area contributed by atoms with Gasteiger partial charge in [0.2, 0.25) is 0 Å². The lowest BCUT2D eigenvalue weighted by molar-refractivity contribution is -0.166. The van der Waals surface area contributed by atoms with Gasteiger partial charge in [-0.2, -0.15) is 8.78 Å². The molecule has 0 spiro atoms. The fourth-order valence-corrected chi connectivity index (χ4v) is 1.62. The van der Waals surface area contributed by atoms with Crippen LogP contribution in [0.3, 0.4) is 0 Å². The molecule has 0 heterocycles. The summed E-state index contributed by atoms with van der Waals surface area (Å²) in [5, 5.41) is 8.17. The number of carbonyl (C=O) groups excluding carboxylic acids is 1. The molecule has 0 amide bonds. The molecule has 0 aliphatic rings. The first-order valence-electron chi connectivity index (χ1n) is 4.87. The first kappa shape index (κ1) is 14.8. The van der Waals surface area contributed by atoms with E-state index in [1.165, 1.54) is 12.1 Å². The third kappa shape index (κ3) is 4.21. The summed E-state index contributed by atoms with van der Waals surface area (Å²) >= 11 is 1.99. The van der Waals surface area contributed by atoms with Gasteiger partial charge < -0.3 is 9.84 Å². The van der Waals surface area contributed by atoms with Crippen LogP contribution in [0.1, 0.15) is 16.8 Å². The molecule has 0 bridgehead atoms. The van der Waals surface area contributed by atoms with Crippen LogP contribution in [0.25, 0.3) is 0 Å². The highest BCUT2D eigenvalue weighted by Gasteiger charge is 2.38. The number of benzene rings is 1. The van der Waals surface area contributed by atoms with Crippen LogP contribution >= 0.6 is 22.6 Å². The van der Waals surface area contributed by atoms with E-state index in [1.54, 1.807) is 12.1 Å². The third-order valence-corrected chi connectivity index (χ3v) is 2.69. The molecule has 0 unspecified atom stereocenters. The van der Waals surface area contributed by atoms with E-state index in [1.807, 2.05) is 22.6 Å². The number of halogens is 3. The van der Waals surface area contributed by atoms with Crippen LogP contribution in [0.4, 0.5) is 8.78 Å². The fourth-order valence-electron chi connectivity index (χ4n) is 1.08. The summed E-state index contributed by atoms with van der Waals surface area (Å²) in [5.41, 5.74) is 0.237. The summed E-state index contributed by atoms with van der Waals surface area (Å²) in [6.07, 6.45) is -1.04. The predicted molar refractivity (Wildman–Crippen MR) is 66.6 cm³/mol. The Labute approximate surface area is 115 Å². The number of hydrogen-bond donors (Lipinski definition) is 1. The standard InChI is InChI=1S/C11H9F2IO4/c12-11(13,10(16)17)4-5-18-9(15)7-2-1-3-8(14)6-7/h1-3,6H,4-5H2,(H,16,17). The Morgan fingerprint density at radius 2 is 2.06 bits per heavy atom. The number of carboxylic acid groups (broad SMARTS) is 1. The molecule has 0 saturated heterocycles. The van der Waals surface area contributed by atoms with Gasteiger partial charge in [0.25, 0.3) is 0 Å². The average molecular weight is 370 g/mol. The number of carboxylic acids is 1. The fraction of sp³-hybridized carbons (Fsp3) is 0.273. The first-order chi connectivity index (χ1) is 8.33. The molecule has 98 valence electrons. The Morgan fingerprint density at radius 1 is 1.39 bits per heavy atom. The summed E-state index contributed by atoms with van der Waals surface area (Å²) < 4.78 is 30.7. The van der Waals surface area contributed by atoms with Crippen molar-refractivity contribution in [1.82, 2.24) is 0 Å². The van der Waals surface area contributed by atoms with E-state index in [2.05, 4.69) is 4.74 Å². The smallest absolute Gasteiger partial charge is 0.374 e. The molecular weight excluding hydrogens is 361 g/mol. The molecule has 0 radical (unpaired) electrons. The SMILES string of the molecule is O=C(OCCC(F)(F)C(=O)O)c1cccc(I)c1. The number of ether oxygens (including phenoxy) is 1. The highest BCUT2D eigenvalue weighted by molar-refractivity contribution is 14.1. The van der Waals surface area contributed by atoms with E-state index in [0.717, 1.165) is 3.57 Å². The first-order valence-corrected chi connectivity index (χ1v) is 5.95. The lowest BCUT2D eigenvalue weighted by atomic mass is 10.2. The van der Waals surface area contributed by atoms with Crippen LogP contribution in [0.15, 0.2) is 24.3 Å². The third-order valence-electron chi connectivity index (χ3n) is 2.02. The predicted octanol–water partition coefficient (Wildman–Crippen LogP) is 2.56. The molecular formula is C11H9F2IO4. The van der Waals surface area contributed by atoms with Gasteiger partial charge in [-0.15, -0.1) is 0 Å². The lowest BCUT2D eigenvalue weighted by Gasteiger charge is -2.11. The number of esters is 1. The van der Waals surface area contributed by atoms with Gasteiger partial charge in [0.1, 0.15) is 0 Å². The van der Waals surface area contributed by atoms with E-state index < -0.39 is 30.9 Å². The molecule has 18 heavy (non-hydrogen) atoms. The molecule has 1 N–H and O–H groups in total. The summed E-state index contributed by atoms with van der Waals surface area (Å²) in [6, 6.07) is 6.41. The summed E-state index contributed by atoms with van der Waals surface area (Å²) in [5.74, 6) is -6.87. The molecule has 0 atom stereocenters. The zero-order chi connectivity index (χ0) is 13.8. The van der Waals surface area contributed by atoms with Crippen molar-refractivity contribution >= 4 is 34.5 Å². The maximum absolute atomic E-state index is 12.7. The van der Waals surface area contributed by atoms with Crippen molar-refractivity contribution < 1.29 is 28.2 Å². The molecule has 1 aromatic carbocycles. The zero-order valence-corrected chi connectivity index (χ0v) is 11.2. The highest BCUT2D eigenvalue weighted by Crippen LogP contribution is 2.18. The van der Waals surface area contributed by atoms with Crippen LogP contribution in [0.2, 0.25) is 0 Å². The lowest BCUT2D eigenvalue weighted by Crippen LogP contribution is -2.30. The van der Waals surface area contributed by atoms with Crippen molar-refractivity contribution in [3.63, 3.8) is 0 Å². The molecule has 7 heteroatoms. The van der Waals surface area contributed by atoms with Crippen LogP contribution < -0.4 is 0 Å². The van der Waals surface area contributed by atoms with Gasteiger partial charge in [0, 0.05) is 3.57 Å². The van der Waals surface area contributed by atoms with Crippen LogP contribution in [-0.4, -0.2) is 29.6 Å². The number of rotatable bonds is 5. The Balaban J connectivity index is 2.50. The number of hydrogen-bond acceptors (Lipinski definition) is 3.